The van der Waals surface area contributed by atoms with E-state index in [9.17, 15) is 14.4 Å². The summed E-state index contributed by atoms with van der Waals surface area (Å²) < 4.78 is 0. The lowest BCUT2D eigenvalue weighted by atomic mass is 9.85. The molecule has 0 aromatic carbocycles. The van der Waals surface area contributed by atoms with E-state index in [0.29, 0.717) is 6.54 Å². The SMILES string of the molecule is CCN(CC(=O)O)C(=O)C1CCC(NC(=O)C2CCCC2)CC1. The van der Waals surface area contributed by atoms with Crippen LogP contribution in [0.5, 0.6) is 0 Å². The summed E-state index contributed by atoms with van der Waals surface area (Å²) in [5, 5.41) is 12.0. The van der Waals surface area contributed by atoms with Gasteiger partial charge in [0.05, 0.1) is 0 Å². The van der Waals surface area contributed by atoms with Gasteiger partial charge in [0.15, 0.2) is 0 Å². The van der Waals surface area contributed by atoms with E-state index in [2.05, 4.69) is 5.32 Å². The first-order valence-corrected chi connectivity index (χ1v) is 8.82. The Hall–Kier alpha value is -1.59. The second-order valence-electron chi connectivity index (χ2n) is 6.78. The Morgan fingerprint density at radius 3 is 2.13 bits per heavy atom. The van der Waals surface area contributed by atoms with E-state index in [1.54, 1.807) is 6.92 Å². The van der Waals surface area contributed by atoms with Crippen molar-refractivity contribution >= 4 is 17.8 Å². The minimum atomic E-state index is -0.974. The third-order valence-corrected chi connectivity index (χ3v) is 5.17. The summed E-state index contributed by atoms with van der Waals surface area (Å²) >= 11 is 0. The maximum Gasteiger partial charge on any atom is 0.323 e. The van der Waals surface area contributed by atoms with Crippen LogP contribution >= 0.6 is 0 Å². The highest BCUT2D eigenvalue weighted by atomic mass is 16.4. The molecule has 0 atom stereocenters. The fraction of sp³-hybridized carbons (Fsp3) is 0.824. The molecule has 0 saturated heterocycles. The van der Waals surface area contributed by atoms with Gasteiger partial charge in [-0.1, -0.05) is 12.8 Å². The summed E-state index contributed by atoms with van der Waals surface area (Å²) in [6.45, 7) is 1.99. The van der Waals surface area contributed by atoms with Gasteiger partial charge in [-0.25, -0.2) is 0 Å². The Morgan fingerprint density at radius 2 is 1.61 bits per heavy atom. The van der Waals surface area contributed by atoms with Crippen molar-refractivity contribution in [3.05, 3.63) is 0 Å². The van der Waals surface area contributed by atoms with Gasteiger partial charge in [-0.05, 0) is 45.4 Å². The number of amides is 2. The first-order chi connectivity index (χ1) is 11.0. The minimum Gasteiger partial charge on any atom is -0.480 e. The molecule has 2 N–H and O–H groups in total. The summed E-state index contributed by atoms with van der Waals surface area (Å²) in [5.41, 5.74) is 0. The number of carbonyl (C=O) groups is 3. The topological polar surface area (TPSA) is 86.7 Å². The van der Waals surface area contributed by atoms with Crippen LogP contribution in [0, 0.1) is 11.8 Å². The zero-order valence-electron chi connectivity index (χ0n) is 13.9. The van der Waals surface area contributed by atoms with Crippen molar-refractivity contribution in [1.29, 1.82) is 0 Å². The molecule has 0 heterocycles. The van der Waals surface area contributed by atoms with Gasteiger partial charge in [-0.15, -0.1) is 0 Å². The highest BCUT2D eigenvalue weighted by Gasteiger charge is 2.31. The van der Waals surface area contributed by atoms with Crippen LogP contribution in [0.1, 0.15) is 58.3 Å². The number of carbonyl (C=O) groups excluding carboxylic acids is 2. The van der Waals surface area contributed by atoms with E-state index >= 15 is 0 Å². The molecule has 0 aromatic heterocycles. The van der Waals surface area contributed by atoms with Crippen LogP contribution in [-0.2, 0) is 14.4 Å². The third kappa shape index (κ3) is 4.94. The molecular formula is C17H28N2O4. The van der Waals surface area contributed by atoms with Crippen LogP contribution in [0.3, 0.4) is 0 Å². The van der Waals surface area contributed by atoms with Gasteiger partial charge < -0.3 is 15.3 Å². The second kappa shape index (κ2) is 8.31. The zero-order valence-corrected chi connectivity index (χ0v) is 13.9. The number of nitrogens with one attached hydrogen (secondary N) is 1. The average Bonchev–Trinajstić information content (AvgIpc) is 3.07. The van der Waals surface area contributed by atoms with Gasteiger partial charge in [0, 0.05) is 24.4 Å². The number of aliphatic carboxylic acids is 1. The van der Waals surface area contributed by atoms with Crippen LogP contribution in [-0.4, -0.2) is 46.9 Å². The van der Waals surface area contributed by atoms with Crippen molar-refractivity contribution < 1.29 is 19.5 Å². The van der Waals surface area contributed by atoms with E-state index in [0.717, 1.165) is 51.4 Å². The molecule has 2 rings (SSSR count). The van der Waals surface area contributed by atoms with Crippen LogP contribution in [0.2, 0.25) is 0 Å². The van der Waals surface area contributed by atoms with Crippen molar-refractivity contribution in [2.24, 2.45) is 11.8 Å². The van der Waals surface area contributed by atoms with Gasteiger partial charge in [-0.3, -0.25) is 14.4 Å². The van der Waals surface area contributed by atoms with Crippen molar-refractivity contribution in [2.75, 3.05) is 13.1 Å². The minimum absolute atomic E-state index is 0.0598. The molecule has 0 spiro atoms. The van der Waals surface area contributed by atoms with Crippen LogP contribution < -0.4 is 5.32 Å². The number of hydrogen-bond acceptors (Lipinski definition) is 3. The average molecular weight is 324 g/mol. The van der Waals surface area contributed by atoms with Crippen molar-refractivity contribution in [3.8, 4) is 0 Å². The summed E-state index contributed by atoms with van der Waals surface area (Å²) in [4.78, 5) is 36.8. The fourth-order valence-electron chi connectivity index (χ4n) is 3.76. The molecule has 0 aromatic rings. The molecular weight excluding hydrogens is 296 g/mol. The van der Waals surface area contributed by atoms with E-state index in [1.165, 1.54) is 4.90 Å². The molecule has 0 radical (unpaired) electrons. The normalized spacial score (nSPS) is 25.1. The molecule has 2 aliphatic carbocycles. The van der Waals surface area contributed by atoms with Gasteiger partial charge in [0.25, 0.3) is 0 Å². The molecule has 6 nitrogen and oxygen atoms in total. The standard InChI is InChI=1S/C17H28N2O4/c1-2-19(11-15(20)21)17(23)13-7-9-14(10-8-13)18-16(22)12-5-3-4-6-12/h12-14H,2-11H2,1H3,(H,18,22)(H,20,21). The Bertz CT molecular complexity index is 438. The molecule has 2 saturated carbocycles. The lowest BCUT2D eigenvalue weighted by Gasteiger charge is -2.32. The molecule has 0 aliphatic heterocycles. The number of nitrogens with zero attached hydrogens (tertiary/aromatic N) is 1. The quantitative estimate of drug-likeness (QED) is 0.780. The Labute approximate surface area is 137 Å². The Balaban J connectivity index is 1.77. The maximum absolute atomic E-state index is 12.4. The highest BCUT2D eigenvalue weighted by Crippen LogP contribution is 2.28. The van der Waals surface area contributed by atoms with Gasteiger partial charge in [-0.2, -0.15) is 0 Å². The van der Waals surface area contributed by atoms with Gasteiger partial charge in [0.1, 0.15) is 6.54 Å². The molecule has 0 bridgehead atoms. The molecule has 2 aliphatic rings. The van der Waals surface area contributed by atoms with Gasteiger partial charge >= 0.3 is 5.97 Å². The smallest absolute Gasteiger partial charge is 0.323 e. The van der Waals surface area contributed by atoms with Crippen LogP contribution in [0.15, 0.2) is 0 Å². The summed E-state index contributed by atoms with van der Waals surface area (Å²) in [6, 6.07) is 0.168. The van der Waals surface area contributed by atoms with Crippen LogP contribution in [0.4, 0.5) is 0 Å². The molecule has 2 amide bonds. The zero-order chi connectivity index (χ0) is 16.8. The van der Waals surface area contributed by atoms with E-state index in [1.807, 2.05) is 0 Å². The molecule has 23 heavy (non-hydrogen) atoms. The van der Waals surface area contributed by atoms with E-state index in [4.69, 9.17) is 5.11 Å². The number of carboxylic acids is 1. The van der Waals surface area contributed by atoms with Crippen molar-refractivity contribution in [1.82, 2.24) is 10.2 Å². The number of likely N-dealkylation sites (N-methyl/N-ethyl adjacent to an activating group) is 1. The third-order valence-electron chi connectivity index (χ3n) is 5.17. The van der Waals surface area contributed by atoms with E-state index < -0.39 is 5.97 Å². The fourth-order valence-corrected chi connectivity index (χ4v) is 3.76. The molecule has 0 unspecified atom stereocenters. The number of rotatable bonds is 6. The number of hydrogen-bond donors (Lipinski definition) is 2. The Kier molecular flexibility index (Phi) is 6.42. The first kappa shape index (κ1) is 17.8. The highest BCUT2D eigenvalue weighted by molar-refractivity contribution is 5.83. The monoisotopic (exact) mass is 324 g/mol. The largest absolute Gasteiger partial charge is 0.480 e. The first-order valence-electron chi connectivity index (χ1n) is 8.82. The predicted octanol–water partition coefficient (Wildman–Crippen LogP) is 1.78. The molecule has 6 heteroatoms. The summed E-state index contributed by atoms with van der Waals surface area (Å²) in [7, 11) is 0. The van der Waals surface area contributed by atoms with Crippen LogP contribution in [0.25, 0.3) is 0 Å². The molecule has 130 valence electrons. The maximum atomic E-state index is 12.4. The summed E-state index contributed by atoms with van der Waals surface area (Å²) in [6.07, 6.45) is 7.36. The van der Waals surface area contributed by atoms with E-state index in [-0.39, 0.29) is 36.2 Å². The van der Waals surface area contributed by atoms with Crippen molar-refractivity contribution in [2.45, 2.75) is 64.3 Å². The number of carboxylic acid groups (broad SMARTS) is 1. The molecule has 2 fully saturated rings. The summed E-state index contributed by atoms with van der Waals surface area (Å²) in [5.74, 6) is -0.777. The lowest BCUT2D eigenvalue weighted by Crippen LogP contribution is -2.44. The van der Waals surface area contributed by atoms with Gasteiger partial charge in [0.2, 0.25) is 11.8 Å². The Morgan fingerprint density at radius 1 is 1.00 bits per heavy atom. The lowest BCUT2D eigenvalue weighted by molar-refractivity contribution is -0.146. The predicted molar refractivity (Wildman–Crippen MR) is 85.7 cm³/mol. The second-order valence-corrected chi connectivity index (χ2v) is 6.78. The van der Waals surface area contributed by atoms with Crippen molar-refractivity contribution in [3.63, 3.8) is 0 Å².